The highest BCUT2D eigenvalue weighted by Gasteiger charge is 2.14. The van der Waals surface area contributed by atoms with Gasteiger partial charge < -0.3 is 13.9 Å². The Morgan fingerprint density at radius 2 is 2.06 bits per heavy atom. The molecule has 18 heavy (non-hydrogen) atoms. The number of hydrogen-bond acceptors (Lipinski definition) is 3. The highest BCUT2D eigenvalue weighted by atomic mass is 16.5. The Labute approximate surface area is 108 Å². The van der Waals surface area contributed by atoms with Crippen LogP contribution in [0.1, 0.15) is 31.6 Å². The fourth-order valence-electron chi connectivity index (χ4n) is 1.98. The van der Waals surface area contributed by atoms with E-state index in [0.717, 1.165) is 41.1 Å². The van der Waals surface area contributed by atoms with Gasteiger partial charge >= 0.3 is 0 Å². The molecule has 0 amide bonds. The minimum absolute atomic E-state index is 0.518. The van der Waals surface area contributed by atoms with Crippen molar-refractivity contribution in [1.29, 1.82) is 0 Å². The second-order valence-corrected chi connectivity index (χ2v) is 4.27. The van der Waals surface area contributed by atoms with Crippen LogP contribution in [0, 0.1) is 6.92 Å². The molecule has 0 bridgehead atoms. The minimum atomic E-state index is 0.518. The molecule has 3 nitrogen and oxygen atoms in total. The molecule has 1 aromatic heterocycles. The molecular weight excluding hydrogens is 228 g/mol. The summed E-state index contributed by atoms with van der Waals surface area (Å²) in [5.41, 5.74) is 1.99. The molecule has 0 atom stereocenters. The smallest absolute Gasteiger partial charge is 0.138 e. The average Bonchev–Trinajstić information content (AvgIpc) is 2.71. The van der Waals surface area contributed by atoms with Gasteiger partial charge in [0.25, 0.3) is 0 Å². The highest BCUT2D eigenvalue weighted by Crippen LogP contribution is 2.33. The van der Waals surface area contributed by atoms with Crippen molar-refractivity contribution < 1.29 is 13.9 Å². The van der Waals surface area contributed by atoms with Gasteiger partial charge in [0.2, 0.25) is 0 Å². The molecule has 1 aromatic carbocycles. The first kappa shape index (κ1) is 13.0. The molecule has 0 N–H and O–H groups in total. The molecule has 0 saturated carbocycles. The molecule has 2 rings (SSSR count). The molecule has 3 heteroatoms. The normalized spacial score (nSPS) is 11.1. The molecule has 2 aromatic rings. The van der Waals surface area contributed by atoms with E-state index in [1.165, 1.54) is 0 Å². The van der Waals surface area contributed by atoms with E-state index in [1.54, 1.807) is 0 Å². The standard InChI is InChI=1S/C15H20O3/c1-4-9-17-12-7-6-8-13-15(12)11(3)14(18-13)10-16-5-2/h6-8H,4-5,9-10H2,1-3H3. The number of aryl methyl sites for hydroxylation is 1. The maximum Gasteiger partial charge on any atom is 0.138 e. The van der Waals surface area contributed by atoms with E-state index < -0.39 is 0 Å². The van der Waals surface area contributed by atoms with Gasteiger partial charge in [-0.2, -0.15) is 0 Å². The second kappa shape index (κ2) is 5.91. The zero-order valence-electron chi connectivity index (χ0n) is 11.3. The van der Waals surface area contributed by atoms with Gasteiger partial charge in [-0.15, -0.1) is 0 Å². The van der Waals surface area contributed by atoms with Gasteiger partial charge in [0, 0.05) is 12.2 Å². The summed E-state index contributed by atoms with van der Waals surface area (Å²) in [6.45, 7) is 8.07. The molecule has 0 aliphatic rings. The number of benzene rings is 1. The highest BCUT2D eigenvalue weighted by molar-refractivity contribution is 5.88. The maximum absolute atomic E-state index is 5.82. The van der Waals surface area contributed by atoms with Crippen LogP contribution in [0.4, 0.5) is 0 Å². The Morgan fingerprint density at radius 3 is 2.78 bits per heavy atom. The predicted octanol–water partition coefficient (Wildman–Crippen LogP) is 4.07. The summed E-state index contributed by atoms with van der Waals surface area (Å²) in [4.78, 5) is 0. The fourth-order valence-corrected chi connectivity index (χ4v) is 1.98. The van der Waals surface area contributed by atoms with Crippen molar-refractivity contribution >= 4 is 11.0 Å². The quantitative estimate of drug-likeness (QED) is 0.772. The number of rotatable bonds is 6. The lowest BCUT2D eigenvalue weighted by atomic mass is 10.1. The lowest BCUT2D eigenvalue weighted by molar-refractivity contribution is 0.119. The van der Waals surface area contributed by atoms with Crippen molar-refractivity contribution in [2.45, 2.75) is 33.8 Å². The monoisotopic (exact) mass is 248 g/mol. The van der Waals surface area contributed by atoms with Crippen LogP contribution >= 0.6 is 0 Å². The summed E-state index contributed by atoms with van der Waals surface area (Å²) < 4.78 is 17.0. The number of furan rings is 1. The van der Waals surface area contributed by atoms with Crippen LogP contribution in [0.2, 0.25) is 0 Å². The summed E-state index contributed by atoms with van der Waals surface area (Å²) >= 11 is 0. The average molecular weight is 248 g/mol. The molecular formula is C15H20O3. The van der Waals surface area contributed by atoms with E-state index in [4.69, 9.17) is 13.9 Å². The van der Waals surface area contributed by atoms with E-state index in [9.17, 15) is 0 Å². The summed E-state index contributed by atoms with van der Waals surface area (Å²) in [6, 6.07) is 5.92. The minimum Gasteiger partial charge on any atom is -0.493 e. The second-order valence-electron chi connectivity index (χ2n) is 4.27. The van der Waals surface area contributed by atoms with Gasteiger partial charge in [0.15, 0.2) is 0 Å². The molecule has 0 aliphatic carbocycles. The number of ether oxygens (including phenoxy) is 2. The third kappa shape index (κ3) is 2.51. The van der Waals surface area contributed by atoms with Gasteiger partial charge in [-0.05, 0) is 32.4 Å². The number of fused-ring (bicyclic) bond motifs is 1. The Morgan fingerprint density at radius 1 is 1.22 bits per heavy atom. The van der Waals surface area contributed by atoms with Crippen molar-refractivity contribution in [3.05, 3.63) is 29.5 Å². The number of hydrogen-bond donors (Lipinski definition) is 0. The van der Waals surface area contributed by atoms with Crippen molar-refractivity contribution in [1.82, 2.24) is 0 Å². The Bertz CT molecular complexity index is 514. The molecule has 0 saturated heterocycles. The third-order valence-electron chi connectivity index (χ3n) is 2.91. The van der Waals surface area contributed by atoms with Gasteiger partial charge in [0.1, 0.15) is 23.7 Å². The van der Waals surface area contributed by atoms with Crippen LogP contribution in [-0.4, -0.2) is 13.2 Å². The van der Waals surface area contributed by atoms with Crippen LogP contribution in [-0.2, 0) is 11.3 Å². The zero-order chi connectivity index (χ0) is 13.0. The van der Waals surface area contributed by atoms with Gasteiger partial charge in [-0.1, -0.05) is 13.0 Å². The van der Waals surface area contributed by atoms with E-state index in [-0.39, 0.29) is 0 Å². The third-order valence-corrected chi connectivity index (χ3v) is 2.91. The first-order chi connectivity index (χ1) is 8.77. The Hall–Kier alpha value is -1.48. The molecule has 0 fully saturated rings. The summed E-state index contributed by atoms with van der Waals surface area (Å²) in [5.74, 6) is 1.79. The predicted molar refractivity (Wildman–Crippen MR) is 72.1 cm³/mol. The van der Waals surface area contributed by atoms with Gasteiger partial charge in [-0.3, -0.25) is 0 Å². The fraction of sp³-hybridized carbons (Fsp3) is 0.467. The SMILES string of the molecule is CCCOc1cccc2oc(COCC)c(C)c12. The largest absolute Gasteiger partial charge is 0.493 e. The van der Waals surface area contributed by atoms with Crippen LogP contribution in [0.3, 0.4) is 0 Å². The molecule has 0 aliphatic heterocycles. The first-order valence-corrected chi connectivity index (χ1v) is 6.49. The molecule has 98 valence electrons. The summed E-state index contributed by atoms with van der Waals surface area (Å²) in [6.07, 6.45) is 0.999. The van der Waals surface area contributed by atoms with E-state index >= 15 is 0 Å². The maximum atomic E-state index is 5.82. The van der Waals surface area contributed by atoms with Crippen molar-refractivity contribution in [2.75, 3.05) is 13.2 Å². The Kier molecular flexibility index (Phi) is 4.26. The summed E-state index contributed by atoms with van der Waals surface area (Å²) in [7, 11) is 0. The van der Waals surface area contributed by atoms with Crippen molar-refractivity contribution in [3.63, 3.8) is 0 Å². The van der Waals surface area contributed by atoms with E-state index in [2.05, 4.69) is 13.8 Å². The van der Waals surface area contributed by atoms with Crippen molar-refractivity contribution in [2.24, 2.45) is 0 Å². The Balaban J connectivity index is 2.38. The molecule has 0 spiro atoms. The van der Waals surface area contributed by atoms with Crippen LogP contribution in [0.5, 0.6) is 5.75 Å². The molecule has 0 unspecified atom stereocenters. The zero-order valence-corrected chi connectivity index (χ0v) is 11.3. The van der Waals surface area contributed by atoms with Gasteiger partial charge in [0.05, 0.1) is 12.0 Å². The van der Waals surface area contributed by atoms with Crippen LogP contribution in [0.25, 0.3) is 11.0 Å². The first-order valence-electron chi connectivity index (χ1n) is 6.49. The summed E-state index contributed by atoms with van der Waals surface area (Å²) in [5, 5.41) is 1.07. The van der Waals surface area contributed by atoms with Crippen molar-refractivity contribution in [3.8, 4) is 5.75 Å². The van der Waals surface area contributed by atoms with Crippen LogP contribution < -0.4 is 4.74 Å². The molecule has 0 radical (unpaired) electrons. The van der Waals surface area contributed by atoms with E-state index in [0.29, 0.717) is 13.2 Å². The van der Waals surface area contributed by atoms with Gasteiger partial charge in [-0.25, -0.2) is 0 Å². The molecule has 1 heterocycles. The van der Waals surface area contributed by atoms with Crippen LogP contribution in [0.15, 0.2) is 22.6 Å². The van der Waals surface area contributed by atoms with E-state index in [1.807, 2.05) is 25.1 Å². The topological polar surface area (TPSA) is 31.6 Å². The lowest BCUT2D eigenvalue weighted by Gasteiger charge is -2.05. The lowest BCUT2D eigenvalue weighted by Crippen LogP contribution is -1.95.